The lowest BCUT2D eigenvalue weighted by atomic mass is 9.99. The van der Waals surface area contributed by atoms with Crippen molar-refractivity contribution in [2.24, 2.45) is 17.8 Å². The minimum absolute atomic E-state index is 0.104. The first kappa shape index (κ1) is 99.1. The van der Waals surface area contributed by atoms with Crippen LogP contribution in [0.2, 0.25) is 0 Å². The molecule has 0 bridgehead atoms. The summed E-state index contributed by atoms with van der Waals surface area (Å²) in [6.07, 6.45) is 61.6. The summed E-state index contributed by atoms with van der Waals surface area (Å²) in [4.78, 5) is 72.7. The largest absolute Gasteiger partial charge is 0.472 e. The third kappa shape index (κ3) is 72.1. The molecule has 101 heavy (non-hydrogen) atoms. The van der Waals surface area contributed by atoms with Gasteiger partial charge in [-0.25, -0.2) is 9.13 Å². The summed E-state index contributed by atoms with van der Waals surface area (Å²) in [6.45, 7) is 12.0. The van der Waals surface area contributed by atoms with Crippen molar-refractivity contribution >= 4 is 39.5 Å². The molecule has 17 nitrogen and oxygen atoms in total. The van der Waals surface area contributed by atoms with Gasteiger partial charge in [0.25, 0.3) is 0 Å². The summed E-state index contributed by atoms with van der Waals surface area (Å²) >= 11 is 0. The fraction of sp³-hybridized carbons (Fsp3) is 0.951. The van der Waals surface area contributed by atoms with E-state index in [-0.39, 0.29) is 25.7 Å². The van der Waals surface area contributed by atoms with Gasteiger partial charge in [0, 0.05) is 25.7 Å². The number of hydrogen-bond acceptors (Lipinski definition) is 15. The summed E-state index contributed by atoms with van der Waals surface area (Å²) in [7, 11) is -9.91. The second-order valence-corrected chi connectivity index (χ2v) is 33.1. The van der Waals surface area contributed by atoms with Gasteiger partial charge < -0.3 is 33.8 Å². The van der Waals surface area contributed by atoms with Crippen molar-refractivity contribution < 1.29 is 80.2 Å². The Balaban J connectivity index is 5.10. The molecule has 0 rings (SSSR count). The van der Waals surface area contributed by atoms with E-state index in [0.717, 1.165) is 114 Å². The van der Waals surface area contributed by atoms with Crippen LogP contribution in [-0.4, -0.2) is 96.7 Å². The first-order chi connectivity index (χ1) is 48.8. The Kier molecular flexibility index (Phi) is 70.9. The van der Waals surface area contributed by atoms with Crippen molar-refractivity contribution in [1.82, 2.24) is 0 Å². The molecule has 0 aliphatic heterocycles. The van der Waals surface area contributed by atoms with Gasteiger partial charge in [-0.15, -0.1) is 0 Å². The summed E-state index contributed by atoms with van der Waals surface area (Å²) < 4.78 is 68.4. The fourth-order valence-electron chi connectivity index (χ4n) is 12.6. The fourth-order valence-corrected chi connectivity index (χ4v) is 14.1. The highest BCUT2D eigenvalue weighted by Gasteiger charge is 2.30. The number of aliphatic hydroxyl groups excluding tert-OH is 1. The van der Waals surface area contributed by atoms with E-state index in [1.807, 2.05) is 0 Å². The lowest BCUT2D eigenvalue weighted by Gasteiger charge is -2.21. The molecule has 0 spiro atoms. The van der Waals surface area contributed by atoms with Crippen LogP contribution in [0.4, 0.5) is 0 Å². The van der Waals surface area contributed by atoms with Gasteiger partial charge in [-0.05, 0) is 43.4 Å². The van der Waals surface area contributed by atoms with Crippen molar-refractivity contribution in [1.29, 1.82) is 0 Å². The molecular weight excluding hydrogens is 1320 g/mol. The number of esters is 4. The van der Waals surface area contributed by atoms with Gasteiger partial charge in [0.1, 0.15) is 19.3 Å². The second-order valence-electron chi connectivity index (χ2n) is 30.2. The van der Waals surface area contributed by atoms with E-state index in [1.54, 1.807) is 0 Å². The molecule has 0 fully saturated rings. The Morgan fingerprint density at radius 2 is 0.475 bits per heavy atom. The van der Waals surface area contributed by atoms with Crippen LogP contribution in [0.15, 0.2) is 0 Å². The van der Waals surface area contributed by atoms with Crippen LogP contribution in [0.1, 0.15) is 427 Å². The van der Waals surface area contributed by atoms with E-state index < -0.39 is 97.5 Å². The number of carbonyl (C=O) groups excluding carboxylic acids is 4. The van der Waals surface area contributed by atoms with Gasteiger partial charge >= 0.3 is 39.5 Å². The number of phosphoric ester groups is 2. The summed E-state index contributed by atoms with van der Waals surface area (Å²) in [5.41, 5.74) is 0. The van der Waals surface area contributed by atoms with Crippen LogP contribution in [0, 0.1) is 17.8 Å². The minimum Gasteiger partial charge on any atom is -0.462 e. The van der Waals surface area contributed by atoms with Crippen molar-refractivity contribution in [3.05, 3.63) is 0 Å². The molecule has 5 unspecified atom stereocenters. The van der Waals surface area contributed by atoms with Crippen LogP contribution < -0.4 is 0 Å². The molecule has 600 valence electrons. The first-order valence-corrected chi connectivity index (χ1v) is 45.5. The van der Waals surface area contributed by atoms with Gasteiger partial charge in [-0.3, -0.25) is 37.3 Å². The molecule has 0 saturated carbocycles. The number of unbranched alkanes of at least 4 members (excludes halogenated alkanes) is 45. The minimum atomic E-state index is -4.96. The maximum Gasteiger partial charge on any atom is 0.472 e. The van der Waals surface area contributed by atoms with E-state index >= 15 is 0 Å². The molecule has 0 saturated heterocycles. The quantitative estimate of drug-likeness (QED) is 0.0222. The maximum atomic E-state index is 13.1. The lowest BCUT2D eigenvalue weighted by Crippen LogP contribution is -2.30. The molecule has 0 aliphatic rings. The monoisotopic (exact) mass is 1480 g/mol. The highest BCUT2D eigenvalue weighted by Crippen LogP contribution is 2.45. The van der Waals surface area contributed by atoms with Crippen LogP contribution >= 0.6 is 15.6 Å². The predicted molar refractivity (Wildman–Crippen MR) is 414 cm³/mol. The third-order valence-corrected chi connectivity index (χ3v) is 22.1. The molecule has 0 amide bonds. The summed E-state index contributed by atoms with van der Waals surface area (Å²) in [5, 5.41) is 10.6. The van der Waals surface area contributed by atoms with E-state index in [4.69, 9.17) is 37.0 Å². The van der Waals surface area contributed by atoms with E-state index in [2.05, 4.69) is 48.5 Å². The van der Waals surface area contributed by atoms with Crippen LogP contribution in [0.3, 0.4) is 0 Å². The highest BCUT2D eigenvalue weighted by molar-refractivity contribution is 7.47. The Labute approximate surface area is 619 Å². The molecule has 0 aromatic rings. The lowest BCUT2D eigenvalue weighted by molar-refractivity contribution is -0.161. The topological polar surface area (TPSA) is 237 Å². The first-order valence-electron chi connectivity index (χ1n) is 42.5. The van der Waals surface area contributed by atoms with Gasteiger partial charge in [-0.2, -0.15) is 0 Å². The molecular formula is C82H160O17P2. The molecule has 0 heterocycles. The number of phosphoric acid groups is 2. The van der Waals surface area contributed by atoms with Crippen molar-refractivity contribution in [3.63, 3.8) is 0 Å². The SMILES string of the molecule is CCCCCCCC(=O)OC[C@H](COP(=O)(O)OC[C@H](O)COP(=O)(O)OC[C@@H](COC(=O)CCCCCCCCCCCCCCCCCCCCC(C)CC)OC(=O)CCCCCCCCCCCCCCCCCCCCC(C)CC)OC(=O)CCCCCCCCCCC(C)CC. The average molecular weight is 1480 g/mol. The zero-order chi connectivity index (χ0) is 74.4. The number of hydrogen-bond donors (Lipinski definition) is 3. The molecule has 0 radical (unpaired) electrons. The van der Waals surface area contributed by atoms with Crippen molar-refractivity contribution in [3.8, 4) is 0 Å². The molecule has 3 N–H and O–H groups in total. The summed E-state index contributed by atoms with van der Waals surface area (Å²) in [6, 6.07) is 0. The second kappa shape index (κ2) is 72.3. The maximum absolute atomic E-state index is 13.1. The van der Waals surface area contributed by atoms with Crippen LogP contribution in [-0.2, 0) is 65.4 Å². The molecule has 0 aromatic carbocycles. The summed E-state index contributed by atoms with van der Waals surface area (Å²) in [5.74, 6) is 0.390. The highest BCUT2D eigenvalue weighted by atomic mass is 31.2. The third-order valence-electron chi connectivity index (χ3n) is 20.2. The molecule has 0 aliphatic carbocycles. The van der Waals surface area contributed by atoms with E-state index in [1.165, 1.54) is 231 Å². The van der Waals surface area contributed by atoms with Crippen molar-refractivity contribution in [2.75, 3.05) is 39.6 Å². The van der Waals surface area contributed by atoms with Gasteiger partial charge in [0.2, 0.25) is 0 Å². The van der Waals surface area contributed by atoms with Gasteiger partial charge in [0.05, 0.1) is 26.4 Å². The van der Waals surface area contributed by atoms with Gasteiger partial charge in [0.15, 0.2) is 12.2 Å². The molecule has 8 atom stereocenters. The zero-order valence-corrected chi connectivity index (χ0v) is 68.2. The number of aliphatic hydroxyl groups is 1. The molecule has 0 aromatic heterocycles. The Morgan fingerprint density at radius 3 is 0.703 bits per heavy atom. The molecule has 19 heteroatoms. The van der Waals surface area contributed by atoms with Gasteiger partial charge in [-0.1, -0.05) is 376 Å². The van der Waals surface area contributed by atoms with E-state index in [9.17, 15) is 43.2 Å². The standard InChI is InChI=1S/C82H160O17P2/c1-8-12-13-46-56-63-79(84)92-69-77(98-82(87)66-59-52-45-39-38-42-49-55-62-75(7)11-4)71-96-100(88,89)94-67-76(83)68-95-101(90,91)97-72-78(99-81(86)65-58-51-44-37-33-29-25-21-17-15-19-23-27-31-35-41-48-54-61-74(6)10-3)70-93-80(85)64-57-50-43-36-32-28-24-20-16-14-18-22-26-30-34-40-47-53-60-73(5)9-2/h73-78,83H,8-72H2,1-7H3,(H,88,89)(H,90,91)/t73?,74?,75?,76-,77+,78+/m0/s1. The Hall–Kier alpha value is -1.94. The Morgan fingerprint density at radius 1 is 0.277 bits per heavy atom. The number of ether oxygens (including phenoxy) is 4. The van der Waals surface area contributed by atoms with Crippen LogP contribution in [0.25, 0.3) is 0 Å². The van der Waals surface area contributed by atoms with E-state index in [0.29, 0.717) is 25.7 Å². The normalized spacial score (nSPS) is 14.8. The van der Waals surface area contributed by atoms with Crippen molar-refractivity contribution in [2.45, 2.75) is 446 Å². The smallest absolute Gasteiger partial charge is 0.462 e. The zero-order valence-electron chi connectivity index (χ0n) is 66.4. The van der Waals surface area contributed by atoms with Crippen LogP contribution in [0.5, 0.6) is 0 Å². The number of carbonyl (C=O) groups is 4. The average Bonchev–Trinajstić information content (AvgIpc) is 1.72. The number of rotatable bonds is 80. The predicted octanol–water partition coefficient (Wildman–Crippen LogP) is 24.5. The Bertz CT molecular complexity index is 1960.